The summed E-state index contributed by atoms with van der Waals surface area (Å²) in [6, 6.07) is 3.58. The van der Waals surface area contributed by atoms with Gasteiger partial charge >= 0.3 is 0 Å². The molecule has 7 heteroatoms. The molecule has 0 saturated carbocycles. The molecule has 1 aliphatic heterocycles. The monoisotopic (exact) mass is 297 g/mol. The van der Waals surface area contributed by atoms with Crippen molar-refractivity contribution >= 4 is 5.91 Å². The average molecular weight is 297 g/mol. The van der Waals surface area contributed by atoms with Crippen LogP contribution in [0.3, 0.4) is 0 Å². The Hall–Kier alpha value is -2.83. The molecule has 22 heavy (non-hydrogen) atoms. The standard InChI is InChI=1S/C15H15N5O2/c21-15(12-2-7-22-11-12)19-6-5-18-8-13(17-14(18)10-19)9-20-4-1-3-16-20/h1-4,7-8,11H,5-6,9-10H2. The van der Waals surface area contributed by atoms with Crippen molar-refractivity contribution in [3.63, 3.8) is 0 Å². The van der Waals surface area contributed by atoms with E-state index in [1.165, 1.54) is 12.5 Å². The molecule has 112 valence electrons. The van der Waals surface area contributed by atoms with Gasteiger partial charge in [0.05, 0.1) is 30.6 Å². The van der Waals surface area contributed by atoms with E-state index in [-0.39, 0.29) is 5.91 Å². The van der Waals surface area contributed by atoms with Gasteiger partial charge in [-0.3, -0.25) is 9.48 Å². The number of hydrogen-bond donors (Lipinski definition) is 0. The highest BCUT2D eigenvalue weighted by Gasteiger charge is 2.24. The predicted octanol–water partition coefficient (Wildman–Crippen LogP) is 1.38. The SMILES string of the molecule is O=C(c1ccoc1)N1CCn2cc(Cn3cccn3)nc2C1. The molecule has 4 heterocycles. The van der Waals surface area contributed by atoms with Gasteiger partial charge in [-0.1, -0.05) is 0 Å². The number of fused-ring (bicyclic) bond motifs is 1. The fourth-order valence-corrected chi connectivity index (χ4v) is 2.69. The highest BCUT2D eigenvalue weighted by molar-refractivity contribution is 5.93. The number of rotatable bonds is 3. The Balaban J connectivity index is 1.51. The van der Waals surface area contributed by atoms with Gasteiger partial charge in [-0.15, -0.1) is 0 Å². The van der Waals surface area contributed by atoms with Gasteiger partial charge < -0.3 is 13.9 Å². The number of furan rings is 1. The molecule has 0 N–H and O–H groups in total. The lowest BCUT2D eigenvalue weighted by molar-refractivity contribution is 0.0707. The quantitative estimate of drug-likeness (QED) is 0.732. The van der Waals surface area contributed by atoms with Crippen molar-refractivity contribution in [1.82, 2.24) is 24.2 Å². The smallest absolute Gasteiger partial charge is 0.257 e. The largest absolute Gasteiger partial charge is 0.472 e. The van der Waals surface area contributed by atoms with Crippen LogP contribution in [0.25, 0.3) is 0 Å². The van der Waals surface area contributed by atoms with E-state index in [1.54, 1.807) is 17.2 Å². The first-order chi connectivity index (χ1) is 10.8. The summed E-state index contributed by atoms with van der Waals surface area (Å²) < 4.78 is 8.93. The zero-order valence-electron chi connectivity index (χ0n) is 11.9. The van der Waals surface area contributed by atoms with Crippen molar-refractivity contribution in [2.45, 2.75) is 19.6 Å². The lowest BCUT2D eigenvalue weighted by Crippen LogP contribution is -2.38. The van der Waals surface area contributed by atoms with Crippen LogP contribution in [-0.4, -0.2) is 36.7 Å². The first-order valence-corrected chi connectivity index (χ1v) is 7.13. The third kappa shape index (κ3) is 2.30. The number of aromatic nitrogens is 4. The van der Waals surface area contributed by atoms with Gasteiger partial charge in [0, 0.05) is 31.7 Å². The van der Waals surface area contributed by atoms with Crippen LogP contribution in [0.4, 0.5) is 0 Å². The van der Waals surface area contributed by atoms with Crippen molar-refractivity contribution in [2.24, 2.45) is 0 Å². The molecule has 0 radical (unpaired) electrons. The minimum absolute atomic E-state index is 0.0170. The molecular weight excluding hydrogens is 282 g/mol. The Labute approximate surface area is 126 Å². The average Bonchev–Trinajstić information content (AvgIpc) is 3.27. The zero-order chi connectivity index (χ0) is 14.9. The summed E-state index contributed by atoms with van der Waals surface area (Å²) in [6.07, 6.45) is 8.69. The van der Waals surface area contributed by atoms with E-state index < -0.39 is 0 Å². The molecule has 0 spiro atoms. The Morgan fingerprint density at radius 3 is 3.09 bits per heavy atom. The number of nitrogens with zero attached hydrogens (tertiary/aromatic N) is 5. The van der Waals surface area contributed by atoms with E-state index in [2.05, 4.69) is 14.6 Å². The first-order valence-electron chi connectivity index (χ1n) is 7.13. The van der Waals surface area contributed by atoms with Gasteiger partial charge in [0.15, 0.2) is 0 Å². The molecule has 1 aliphatic rings. The van der Waals surface area contributed by atoms with Crippen LogP contribution in [-0.2, 0) is 19.6 Å². The van der Waals surface area contributed by atoms with Gasteiger partial charge in [0.2, 0.25) is 0 Å². The Bertz CT molecular complexity index is 773. The summed E-state index contributed by atoms with van der Waals surface area (Å²) >= 11 is 0. The van der Waals surface area contributed by atoms with Gasteiger partial charge in [0.25, 0.3) is 5.91 Å². The number of imidazole rings is 1. The second-order valence-electron chi connectivity index (χ2n) is 5.28. The molecule has 0 atom stereocenters. The lowest BCUT2D eigenvalue weighted by atomic mass is 10.2. The van der Waals surface area contributed by atoms with Crippen LogP contribution in [0.2, 0.25) is 0 Å². The Morgan fingerprint density at radius 1 is 1.36 bits per heavy atom. The molecule has 1 amide bonds. The summed E-state index contributed by atoms with van der Waals surface area (Å²) in [4.78, 5) is 18.8. The highest BCUT2D eigenvalue weighted by Crippen LogP contribution is 2.16. The summed E-state index contributed by atoms with van der Waals surface area (Å²) in [5.74, 6) is 0.891. The van der Waals surface area contributed by atoms with Crippen LogP contribution >= 0.6 is 0 Å². The van der Waals surface area contributed by atoms with Crippen molar-refractivity contribution in [3.05, 3.63) is 60.3 Å². The molecule has 0 unspecified atom stereocenters. The Kier molecular flexibility index (Phi) is 3.03. The highest BCUT2D eigenvalue weighted by atomic mass is 16.3. The van der Waals surface area contributed by atoms with E-state index >= 15 is 0 Å². The maximum atomic E-state index is 12.3. The first kappa shape index (κ1) is 12.9. The van der Waals surface area contributed by atoms with Gasteiger partial charge in [-0.25, -0.2) is 4.98 Å². The second kappa shape index (κ2) is 5.18. The number of hydrogen-bond acceptors (Lipinski definition) is 4. The van der Waals surface area contributed by atoms with Gasteiger partial charge in [0.1, 0.15) is 12.1 Å². The van der Waals surface area contributed by atoms with Crippen LogP contribution < -0.4 is 0 Å². The van der Waals surface area contributed by atoms with E-state index in [0.717, 1.165) is 18.1 Å². The van der Waals surface area contributed by atoms with Crippen LogP contribution in [0.1, 0.15) is 21.9 Å². The normalized spacial score (nSPS) is 14.1. The van der Waals surface area contributed by atoms with Crippen molar-refractivity contribution in [1.29, 1.82) is 0 Å². The number of carbonyl (C=O) groups excluding carboxylic acids is 1. The molecule has 3 aromatic heterocycles. The molecule has 0 fully saturated rings. The molecule has 0 aliphatic carbocycles. The maximum Gasteiger partial charge on any atom is 0.257 e. The van der Waals surface area contributed by atoms with E-state index in [0.29, 0.717) is 25.2 Å². The number of amides is 1. The predicted molar refractivity (Wildman–Crippen MR) is 77.0 cm³/mol. The van der Waals surface area contributed by atoms with Crippen molar-refractivity contribution in [3.8, 4) is 0 Å². The molecule has 0 aromatic carbocycles. The minimum Gasteiger partial charge on any atom is -0.472 e. The second-order valence-corrected chi connectivity index (χ2v) is 5.28. The fraction of sp³-hybridized carbons (Fsp3) is 0.267. The Morgan fingerprint density at radius 2 is 2.32 bits per heavy atom. The van der Waals surface area contributed by atoms with Crippen LogP contribution in [0.5, 0.6) is 0 Å². The minimum atomic E-state index is -0.0170. The molecule has 0 bridgehead atoms. The van der Waals surface area contributed by atoms with E-state index in [9.17, 15) is 4.79 Å². The molecule has 3 aromatic rings. The van der Waals surface area contributed by atoms with Crippen LogP contribution in [0, 0.1) is 0 Å². The lowest BCUT2D eigenvalue weighted by Gasteiger charge is -2.27. The molecule has 0 saturated heterocycles. The number of carbonyl (C=O) groups is 1. The van der Waals surface area contributed by atoms with Crippen molar-refractivity contribution in [2.75, 3.05) is 6.54 Å². The third-order valence-corrected chi connectivity index (χ3v) is 3.79. The zero-order valence-corrected chi connectivity index (χ0v) is 11.9. The van der Waals surface area contributed by atoms with Gasteiger partial charge in [-0.05, 0) is 12.1 Å². The molecular formula is C15H15N5O2. The summed E-state index contributed by atoms with van der Waals surface area (Å²) in [5, 5.41) is 4.19. The maximum absolute atomic E-state index is 12.3. The summed E-state index contributed by atoms with van der Waals surface area (Å²) in [6.45, 7) is 2.59. The van der Waals surface area contributed by atoms with Crippen LogP contribution in [0.15, 0.2) is 47.7 Å². The summed E-state index contributed by atoms with van der Waals surface area (Å²) in [5.41, 5.74) is 1.54. The third-order valence-electron chi connectivity index (χ3n) is 3.79. The molecule has 7 nitrogen and oxygen atoms in total. The van der Waals surface area contributed by atoms with Crippen molar-refractivity contribution < 1.29 is 9.21 Å². The van der Waals surface area contributed by atoms with E-state index in [4.69, 9.17) is 4.42 Å². The van der Waals surface area contributed by atoms with E-state index in [1.807, 2.05) is 23.1 Å². The summed E-state index contributed by atoms with van der Waals surface area (Å²) in [7, 11) is 0. The fourth-order valence-electron chi connectivity index (χ4n) is 2.69. The topological polar surface area (TPSA) is 69.1 Å². The molecule has 4 rings (SSSR count). The van der Waals surface area contributed by atoms with Gasteiger partial charge in [-0.2, -0.15) is 5.10 Å².